The van der Waals surface area contributed by atoms with E-state index in [1.54, 1.807) is 24.3 Å². The van der Waals surface area contributed by atoms with Gasteiger partial charge in [0.25, 0.3) is 0 Å². The van der Waals surface area contributed by atoms with Crippen LogP contribution in [0.2, 0.25) is 5.02 Å². The fourth-order valence-electron chi connectivity index (χ4n) is 1.70. The summed E-state index contributed by atoms with van der Waals surface area (Å²) in [6.07, 6.45) is 0. The van der Waals surface area contributed by atoms with Crippen molar-refractivity contribution >= 4 is 57.3 Å². The van der Waals surface area contributed by atoms with Crippen LogP contribution in [0.1, 0.15) is 25.8 Å². The van der Waals surface area contributed by atoms with E-state index in [4.69, 9.17) is 11.6 Å². The van der Waals surface area contributed by atoms with E-state index in [1.807, 2.05) is 20.8 Å². The summed E-state index contributed by atoms with van der Waals surface area (Å²) in [4.78, 5) is 23.7. The molecule has 0 aliphatic carbocycles. The number of thioether (sulfide) groups is 1. The number of halogens is 1. The zero-order valence-corrected chi connectivity index (χ0v) is 16.5. The Kier molecular flexibility index (Phi) is 6.80. The van der Waals surface area contributed by atoms with Crippen molar-refractivity contribution in [2.24, 2.45) is 0 Å². The SMILES string of the molecule is CC(C)(C)c1nnc(NC(=O)CSCC(=O)Nc2ccc(Cl)cc2)s1. The van der Waals surface area contributed by atoms with Crippen LogP contribution in [0.15, 0.2) is 24.3 Å². The normalized spacial score (nSPS) is 11.2. The molecule has 0 aliphatic rings. The Bertz CT molecular complexity index is 741. The number of hydrogen-bond donors (Lipinski definition) is 2. The van der Waals surface area contributed by atoms with Gasteiger partial charge >= 0.3 is 0 Å². The van der Waals surface area contributed by atoms with Gasteiger partial charge in [0.15, 0.2) is 0 Å². The van der Waals surface area contributed by atoms with Crippen LogP contribution in [0.25, 0.3) is 0 Å². The maximum atomic E-state index is 11.9. The summed E-state index contributed by atoms with van der Waals surface area (Å²) >= 11 is 8.38. The molecule has 25 heavy (non-hydrogen) atoms. The molecule has 0 unspecified atom stereocenters. The van der Waals surface area contributed by atoms with E-state index in [-0.39, 0.29) is 28.7 Å². The fraction of sp³-hybridized carbons (Fsp3) is 0.375. The Morgan fingerprint density at radius 2 is 1.68 bits per heavy atom. The highest BCUT2D eigenvalue weighted by Gasteiger charge is 2.20. The molecule has 9 heteroatoms. The molecule has 0 saturated carbocycles. The van der Waals surface area contributed by atoms with Crippen molar-refractivity contribution in [3.05, 3.63) is 34.3 Å². The first kappa shape index (κ1) is 19.7. The summed E-state index contributed by atoms with van der Waals surface area (Å²) in [7, 11) is 0. The third-order valence-electron chi connectivity index (χ3n) is 2.91. The van der Waals surface area contributed by atoms with Crippen LogP contribution < -0.4 is 10.6 Å². The van der Waals surface area contributed by atoms with Crippen molar-refractivity contribution in [3.63, 3.8) is 0 Å². The molecule has 1 aromatic heterocycles. The minimum Gasteiger partial charge on any atom is -0.325 e. The van der Waals surface area contributed by atoms with Gasteiger partial charge in [-0.3, -0.25) is 14.9 Å². The minimum atomic E-state index is -0.207. The molecule has 2 amide bonds. The van der Waals surface area contributed by atoms with Crippen molar-refractivity contribution in [1.82, 2.24) is 10.2 Å². The van der Waals surface area contributed by atoms with Crippen molar-refractivity contribution in [3.8, 4) is 0 Å². The Morgan fingerprint density at radius 3 is 2.24 bits per heavy atom. The number of nitrogens with zero attached hydrogens (tertiary/aromatic N) is 2. The molecule has 0 fully saturated rings. The quantitative estimate of drug-likeness (QED) is 0.773. The first-order chi connectivity index (χ1) is 11.7. The number of benzene rings is 1. The molecule has 2 rings (SSSR count). The predicted molar refractivity (Wildman–Crippen MR) is 105 cm³/mol. The number of anilines is 2. The highest BCUT2D eigenvalue weighted by molar-refractivity contribution is 8.00. The lowest BCUT2D eigenvalue weighted by Crippen LogP contribution is -2.18. The molecular formula is C16H19ClN4O2S2. The average molecular weight is 399 g/mol. The van der Waals surface area contributed by atoms with Crippen molar-refractivity contribution < 1.29 is 9.59 Å². The van der Waals surface area contributed by atoms with Gasteiger partial charge in [0.05, 0.1) is 11.5 Å². The van der Waals surface area contributed by atoms with E-state index in [1.165, 1.54) is 23.1 Å². The van der Waals surface area contributed by atoms with Gasteiger partial charge in [0.2, 0.25) is 16.9 Å². The average Bonchev–Trinajstić information content (AvgIpc) is 2.98. The number of aromatic nitrogens is 2. The summed E-state index contributed by atoms with van der Waals surface area (Å²) < 4.78 is 0. The van der Waals surface area contributed by atoms with Crippen LogP contribution >= 0.6 is 34.7 Å². The summed E-state index contributed by atoms with van der Waals surface area (Å²) in [5.74, 6) is -0.0373. The van der Waals surface area contributed by atoms with E-state index in [2.05, 4.69) is 20.8 Å². The van der Waals surface area contributed by atoms with Crippen LogP contribution in [-0.2, 0) is 15.0 Å². The molecule has 0 bridgehead atoms. The zero-order chi connectivity index (χ0) is 18.4. The summed E-state index contributed by atoms with van der Waals surface area (Å²) in [6, 6.07) is 6.84. The maximum Gasteiger partial charge on any atom is 0.236 e. The molecule has 2 aromatic rings. The molecule has 1 aromatic carbocycles. The van der Waals surface area contributed by atoms with Gasteiger partial charge in [-0.05, 0) is 24.3 Å². The third-order valence-corrected chi connectivity index (χ3v) is 5.36. The molecule has 1 heterocycles. The molecule has 2 N–H and O–H groups in total. The second kappa shape index (κ2) is 8.64. The molecule has 0 aliphatic heterocycles. The zero-order valence-electron chi connectivity index (χ0n) is 14.1. The van der Waals surface area contributed by atoms with Crippen molar-refractivity contribution in [1.29, 1.82) is 0 Å². The van der Waals surface area contributed by atoms with Gasteiger partial charge in [0.1, 0.15) is 5.01 Å². The number of carbonyl (C=O) groups is 2. The Labute approximate surface area is 159 Å². The second-order valence-electron chi connectivity index (χ2n) is 6.26. The fourth-order valence-corrected chi connectivity index (χ4v) is 3.26. The number of rotatable bonds is 6. The lowest BCUT2D eigenvalue weighted by Gasteiger charge is -2.12. The van der Waals surface area contributed by atoms with Crippen LogP contribution in [0.3, 0.4) is 0 Å². The van der Waals surface area contributed by atoms with Gasteiger partial charge in [-0.1, -0.05) is 43.7 Å². The van der Waals surface area contributed by atoms with E-state index in [0.29, 0.717) is 15.8 Å². The third kappa shape index (κ3) is 6.64. The second-order valence-corrected chi connectivity index (χ2v) is 8.66. The monoisotopic (exact) mass is 398 g/mol. The molecule has 6 nitrogen and oxygen atoms in total. The Balaban J connectivity index is 1.72. The topological polar surface area (TPSA) is 84.0 Å². The molecular weight excluding hydrogens is 380 g/mol. The predicted octanol–water partition coefficient (Wildman–Crippen LogP) is 3.80. The largest absolute Gasteiger partial charge is 0.325 e. The first-order valence-corrected chi connectivity index (χ1v) is 9.86. The molecule has 0 radical (unpaired) electrons. The van der Waals surface area contributed by atoms with Crippen LogP contribution in [0, 0.1) is 0 Å². The van der Waals surface area contributed by atoms with Gasteiger partial charge in [-0.15, -0.1) is 22.0 Å². The molecule has 0 atom stereocenters. The highest BCUT2D eigenvalue weighted by atomic mass is 35.5. The van der Waals surface area contributed by atoms with Crippen LogP contribution in [0.5, 0.6) is 0 Å². The van der Waals surface area contributed by atoms with Gasteiger partial charge < -0.3 is 5.32 Å². The minimum absolute atomic E-state index is 0.102. The van der Waals surface area contributed by atoms with Gasteiger partial charge in [0, 0.05) is 16.1 Å². The summed E-state index contributed by atoms with van der Waals surface area (Å²) in [6.45, 7) is 6.11. The van der Waals surface area contributed by atoms with E-state index in [0.717, 1.165) is 5.01 Å². The number of amides is 2. The molecule has 134 valence electrons. The highest BCUT2D eigenvalue weighted by Crippen LogP contribution is 2.27. The Hall–Kier alpha value is -1.64. The lowest BCUT2D eigenvalue weighted by molar-refractivity contribution is -0.114. The standard InChI is InChI=1S/C16H19ClN4O2S2/c1-16(2,3)14-20-21-15(25-14)19-13(23)9-24-8-12(22)18-11-6-4-10(17)5-7-11/h4-7H,8-9H2,1-3H3,(H,18,22)(H,19,21,23). The first-order valence-electron chi connectivity index (χ1n) is 7.51. The lowest BCUT2D eigenvalue weighted by atomic mass is 9.98. The smallest absolute Gasteiger partial charge is 0.236 e. The van der Waals surface area contributed by atoms with Gasteiger partial charge in [-0.25, -0.2) is 0 Å². The van der Waals surface area contributed by atoms with Crippen LogP contribution in [0.4, 0.5) is 10.8 Å². The van der Waals surface area contributed by atoms with E-state index < -0.39 is 0 Å². The number of nitrogens with one attached hydrogen (secondary N) is 2. The van der Waals surface area contributed by atoms with Crippen molar-refractivity contribution in [2.75, 3.05) is 22.1 Å². The number of carbonyl (C=O) groups excluding carboxylic acids is 2. The summed E-state index contributed by atoms with van der Waals surface area (Å²) in [5, 5.41) is 15.4. The molecule has 0 spiro atoms. The summed E-state index contributed by atoms with van der Waals surface area (Å²) in [5.41, 5.74) is 0.567. The van der Waals surface area contributed by atoms with E-state index in [9.17, 15) is 9.59 Å². The molecule has 0 saturated heterocycles. The maximum absolute atomic E-state index is 11.9. The Morgan fingerprint density at radius 1 is 1.08 bits per heavy atom. The van der Waals surface area contributed by atoms with Crippen LogP contribution in [-0.4, -0.2) is 33.5 Å². The van der Waals surface area contributed by atoms with Gasteiger partial charge in [-0.2, -0.15) is 0 Å². The number of hydrogen-bond acceptors (Lipinski definition) is 6. The van der Waals surface area contributed by atoms with E-state index >= 15 is 0 Å². The van der Waals surface area contributed by atoms with Crippen molar-refractivity contribution in [2.45, 2.75) is 26.2 Å².